The van der Waals surface area contributed by atoms with Gasteiger partial charge >= 0.3 is 0 Å². The zero-order valence-electron chi connectivity index (χ0n) is 13.3. The van der Waals surface area contributed by atoms with Crippen molar-refractivity contribution in [2.24, 2.45) is 0 Å². The molecule has 0 fully saturated rings. The zero-order chi connectivity index (χ0) is 15.8. The largest absolute Gasteiger partial charge is 0.497 e. The lowest BCUT2D eigenvalue weighted by Gasteiger charge is -2.10. The van der Waals surface area contributed by atoms with Crippen LogP contribution in [0.15, 0.2) is 48.5 Å². The highest BCUT2D eigenvalue weighted by atomic mass is 16.5. The highest BCUT2D eigenvalue weighted by Crippen LogP contribution is 2.25. The van der Waals surface area contributed by atoms with Crippen LogP contribution in [0.25, 0.3) is 11.1 Å². The SMILES string of the molecule is CCC(O)CCCOc1cccc(-c2ccc(OC)cc2)c1. The minimum atomic E-state index is -0.214. The number of hydrogen-bond acceptors (Lipinski definition) is 3. The van der Waals surface area contributed by atoms with E-state index in [-0.39, 0.29) is 6.10 Å². The molecule has 0 heterocycles. The van der Waals surface area contributed by atoms with Gasteiger partial charge in [0.25, 0.3) is 0 Å². The van der Waals surface area contributed by atoms with E-state index in [1.807, 2.05) is 49.4 Å². The lowest BCUT2D eigenvalue weighted by Crippen LogP contribution is -2.07. The summed E-state index contributed by atoms with van der Waals surface area (Å²) in [5, 5.41) is 9.52. The van der Waals surface area contributed by atoms with E-state index in [2.05, 4.69) is 6.07 Å². The van der Waals surface area contributed by atoms with Gasteiger partial charge < -0.3 is 14.6 Å². The standard InChI is InChI=1S/C19H24O3/c1-3-17(20)7-5-13-22-19-8-4-6-16(14-19)15-9-11-18(21-2)12-10-15/h4,6,8-12,14,17,20H,3,5,7,13H2,1-2H3. The summed E-state index contributed by atoms with van der Waals surface area (Å²) in [6.45, 7) is 2.62. The molecule has 0 bridgehead atoms. The molecule has 22 heavy (non-hydrogen) atoms. The molecule has 1 unspecified atom stereocenters. The van der Waals surface area contributed by atoms with Crippen LogP contribution in [0.4, 0.5) is 0 Å². The fourth-order valence-electron chi connectivity index (χ4n) is 2.26. The summed E-state index contributed by atoms with van der Waals surface area (Å²) >= 11 is 0. The fraction of sp³-hybridized carbons (Fsp3) is 0.368. The van der Waals surface area contributed by atoms with E-state index in [1.54, 1.807) is 7.11 Å². The van der Waals surface area contributed by atoms with Gasteiger partial charge in [0.2, 0.25) is 0 Å². The van der Waals surface area contributed by atoms with Gasteiger partial charge in [0.1, 0.15) is 11.5 Å². The van der Waals surface area contributed by atoms with Crippen molar-refractivity contribution in [2.45, 2.75) is 32.3 Å². The number of hydrogen-bond donors (Lipinski definition) is 1. The average Bonchev–Trinajstić information content (AvgIpc) is 2.59. The molecule has 2 aromatic carbocycles. The van der Waals surface area contributed by atoms with Crippen LogP contribution in [0.1, 0.15) is 26.2 Å². The topological polar surface area (TPSA) is 38.7 Å². The predicted octanol–water partition coefficient (Wildman–Crippen LogP) is 4.29. The number of aliphatic hydroxyl groups excluding tert-OH is 1. The second-order valence-electron chi connectivity index (χ2n) is 5.31. The first kappa shape index (κ1) is 16.4. The molecular weight excluding hydrogens is 276 g/mol. The van der Waals surface area contributed by atoms with Crippen molar-refractivity contribution in [1.82, 2.24) is 0 Å². The third-order valence-corrected chi connectivity index (χ3v) is 3.68. The van der Waals surface area contributed by atoms with E-state index >= 15 is 0 Å². The highest BCUT2D eigenvalue weighted by molar-refractivity contribution is 5.65. The molecule has 2 rings (SSSR count). The molecule has 3 heteroatoms. The molecule has 0 radical (unpaired) electrons. The Kier molecular flexibility index (Phi) is 6.28. The van der Waals surface area contributed by atoms with E-state index in [0.717, 1.165) is 41.9 Å². The summed E-state index contributed by atoms with van der Waals surface area (Å²) in [4.78, 5) is 0. The van der Waals surface area contributed by atoms with E-state index in [9.17, 15) is 5.11 Å². The lowest BCUT2D eigenvalue weighted by atomic mass is 10.1. The summed E-state index contributed by atoms with van der Waals surface area (Å²) < 4.78 is 10.9. The van der Waals surface area contributed by atoms with E-state index in [4.69, 9.17) is 9.47 Å². The van der Waals surface area contributed by atoms with E-state index < -0.39 is 0 Å². The first-order valence-corrected chi connectivity index (χ1v) is 7.78. The maximum absolute atomic E-state index is 9.52. The van der Waals surface area contributed by atoms with Crippen molar-refractivity contribution in [3.63, 3.8) is 0 Å². The van der Waals surface area contributed by atoms with Gasteiger partial charge in [-0.3, -0.25) is 0 Å². The Bertz CT molecular complexity index is 563. The summed E-state index contributed by atoms with van der Waals surface area (Å²) in [6.07, 6.45) is 2.23. The molecule has 2 aromatic rings. The van der Waals surface area contributed by atoms with Crippen LogP contribution in [-0.2, 0) is 0 Å². The van der Waals surface area contributed by atoms with Crippen LogP contribution >= 0.6 is 0 Å². The van der Waals surface area contributed by atoms with Crippen LogP contribution < -0.4 is 9.47 Å². The van der Waals surface area contributed by atoms with Crippen LogP contribution in [0.2, 0.25) is 0 Å². The van der Waals surface area contributed by atoms with Gasteiger partial charge in [-0.2, -0.15) is 0 Å². The maximum Gasteiger partial charge on any atom is 0.119 e. The van der Waals surface area contributed by atoms with Gasteiger partial charge in [-0.05, 0) is 54.7 Å². The monoisotopic (exact) mass is 300 g/mol. The smallest absolute Gasteiger partial charge is 0.119 e. The van der Waals surface area contributed by atoms with E-state index in [0.29, 0.717) is 6.61 Å². The molecule has 118 valence electrons. The Morgan fingerprint density at radius 2 is 1.77 bits per heavy atom. The average molecular weight is 300 g/mol. The van der Waals surface area contributed by atoms with Gasteiger partial charge in [0.05, 0.1) is 19.8 Å². The van der Waals surface area contributed by atoms with Gasteiger partial charge in [0, 0.05) is 0 Å². The molecule has 1 N–H and O–H groups in total. The normalized spacial score (nSPS) is 12.0. The quantitative estimate of drug-likeness (QED) is 0.739. The maximum atomic E-state index is 9.52. The van der Waals surface area contributed by atoms with E-state index in [1.165, 1.54) is 0 Å². The number of rotatable bonds is 8. The van der Waals surface area contributed by atoms with Gasteiger partial charge in [-0.1, -0.05) is 31.2 Å². The summed E-state index contributed by atoms with van der Waals surface area (Å²) in [6, 6.07) is 16.0. The van der Waals surface area contributed by atoms with Gasteiger partial charge in [-0.25, -0.2) is 0 Å². The van der Waals surface area contributed by atoms with Crippen molar-refractivity contribution < 1.29 is 14.6 Å². The summed E-state index contributed by atoms with van der Waals surface area (Å²) in [5.41, 5.74) is 2.25. The first-order valence-electron chi connectivity index (χ1n) is 7.78. The molecule has 0 spiro atoms. The Morgan fingerprint density at radius 1 is 1.00 bits per heavy atom. The Morgan fingerprint density at radius 3 is 2.45 bits per heavy atom. The molecule has 0 aliphatic rings. The van der Waals surface area contributed by atoms with Crippen molar-refractivity contribution in [1.29, 1.82) is 0 Å². The molecular formula is C19H24O3. The number of ether oxygens (including phenoxy) is 2. The van der Waals surface area contributed by atoms with Crippen LogP contribution in [0.3, 0.4) is 0 Å². The highest BCUT2D eigenvalue weighted by Gasteiger charge is 2.03. The van der Waals surface area contributed by atoms with Gasteiger partial charge in [0.15, 0.2) is 0 Å². The molecule has 0 amide bonds. The van der Waals surface area contributed by atoms with Gasteiger partial charge in [-0.15, -0.1) is 0 Å². The Balaban J connectivity index is 1.94. The molecule has 0 aliphatic carbocycles. The summed E-state index contributed by atoms with van der Waals surface area (Å²) in [5.74, 6) is 1.71. The van der Waals surface area contributed by atoms with Crippen LogP contribution in [0.5, 0.6) is 11.5 Å². The van der Waals surface area contributed by atoms with Crippen molar-refractivity contribution in [3.05, 3.63) is 48.5 Å². The second kappa shape index (κ2) is 8.44. The van der Waals surface area contributed by atoms with Crippen molar-refractivity contribution in [3.8, 4) is 22.6 Å². The lowest BCUT2D eigenvalue weighted by molar-refractivity contribution is 0.149. The van der Waals surface area contributed by atoms with Crippen molar-refractivity contribution >= 4 is 0 Å². The fourth-order valence-corrected chi connectivity index (χ4v) is 2.26. The van der Waals surface area contributed by atoms with Crippen LogP contribution in [0, 0.1) is 0 Å². The zero-order valence-corrected chi connectivity index (χ0v) is 13.3. The number of benzene rings is 2. The second-order valence-corrected chi connectivity index (χ2v) is 5.31. The molecule has 0 saturated carbocycles. The molecule has 0 aromatic heterocycles. The first-order chi connectivity index (χ1) is 10.7. The minimum Gasteiger partial charge on any atom is -0.497 e. The third kappa shape index (κ3) is 4.78. The number of methoxy groups -OCH3 is 1. The number of aliphatic hydroxyl groups is 1. The minimum absolute atomic E-state index is 0.214. The molecule has 3 nitrogen and oxygen atoms in total. The van der Waals surface area contributed by atoms with Crippen molar-refractivity contribution in [2.75, 3.05) is 13.7 Å². The van der Waals surface area contributed by atoms with Crippen LogP contribution in [-0.4, -0.2) is 24.9 Å². The summed E-state index contributed by atoms with van der Waals surface area (Å²) in [7, 11) is 1.67. The predicted molar refractivity (Wildman–Crippen MR) is 89.5 cm³/mol. The Labute approximate surface area is 132 Å². The molecule has 0 saturated heterocycles. The third-order valence-electron chi connectivity index (χ3n) is 3.68. The Hall–Kier alpha value is -2.00. The molecule has 0 aliphatic heterocycles. The molecule has 1 atom stereocenters.